The predicted molar refractivity (Wildman–Crippen MR) is 72.7 cm³/mol. The lowest BCUT2D eigenvalue weighted by Crippen LogP contribution is -2.55. The van der Waals surface area contributed by atoms with Crippen molar-refractivity contribution in [1.82, 2.24) is 0 Å². The summed E-state index contributed by atoms with van der Waals surface area (Å²) in [6.07, 6.45) is -0.0166. The number of halogens is 4. The molecule has 2 atom stereocenters. The quantitative estimate of drug-likeness (QED) is 0.737. The molecule has 6 heteroatoms. The number of hydrogen-bond donors (Lipinski definition) is 0. The van der Waals surface area contributed by atoms with Gasteiger partial charge in [0.1, 0.15) is 6.10 Å². The van der Waals surface area contributed by atoms with E-state index in [9.17, 15) is 13.2 Å². The van der Waals surface area contributed by atoms with Crippen LogP contribution in [-0.4, -0.2) is 17.8 Å². The van der Waals surface area contributed by atoms with Crippen LogP contribution in [0.15, 0.2) is 24.3 Å². The molecule has 1 aromatic rings. The van der Waals surface area contributed by atoms with Crippen LogP contribution in [0.1, 0.15) is 32.1 Å². The van der Waals surface area contributed by atoms with Crippen LogP contribution in [0.2, 0.25) is 0 Å². The van der Waals surface area contributed by atoms with Gasteiger partial charge in [-0.25, -0.2) is 0 Å². The lowest BCUT2D eigenvalue weighted by molar-refractivity contribution is -0.275. The van der Waals surface area contributed by atoms with Gasteiger partial charge in [-0.05, 0) is 25.0 Å². The molecule has 21 heavy (non-hydrogen) atoms. The molecule has 2 aliphatic carbocycles. The van der Waals surface area contributed by atoms with Gasteiger partial charge in [0.2, 0.25) is 0 Å². The summed E-state index contributed by atoms with van der Waals surface area (Å²) in [5.74, 6) is -0.161. The van der Waals surface area contributed by atoms with Crippen molar-refractivity contribution in [3.05, 3.63) is 24.3 Å². The molecule has 2 aliphatic rings. The predicted octanol–water partition coefficient (Wildman–Crippen LogP) is 4.90. The Labute approximate surface area is 126 Å². The maximum absolute atomic E-state index is 12.4. The highest BCUT2D eigenvalue weighted by Gasteiger charge is 2.57. The molecule has 0 heterocycles. The van der Waals surface area contributed by atoms with E-state index >= 15 is 0 Å². The van der Waals surface area contributed by atoms with Crippen LogP contribution in [0.3, 0.4) is 0 Å². The highest BCUT2D eigenvalue weighted by atomic mass is 35.5. The molecular formula is C15H16ClF3O2. The summed E-state index contributed by atoms with van der Waals surface area (Å²) in [7, 11) is 0. The van der Waals surface area contributed by atoms with Crippen LogP contribution in [0, 0.1) is 5.41 Å². The fourth-order valence-electron chi connectivity index (χ4n) is 3.44. The first-order valence-electron chi connectivity index (χ1n) is 7.06. The minimum Gasteiger partial charge on any atom is -0.486 e. The van der Waals surface area contributed by atoms with Gasteiger partial charge in [-0.3, -0.25) is 0 Å². The molecule has 2 unspecified atom stereocenters. The monoisotopic (exact) mass is 320 g/mol. The highest BCUT2D eigenvalue weighted by Crippen LogP contribution is 2.57. The largest absolute Gasteiger partial charge is 0.573 e. The van der Waals surface area contributed by atoms with Gasteiger partial charge in [-0.1, -0.05) is 25.0 Å². The highest BCUT2D eigenvalue weighted by molar-refractivity contribution is 6.21. The summed E-state index contributed by atoms with van der Waals surface area (Å²) >= 11 is 6.33. The summed E-state index contributed by atoms with van der Waals surface area (Å²) in [6, 6.07) is 5.90. The van der Waals surface area contributed by atoms with E-state index < -0.39 is 6.36 Å². The Morgan fingerprint density at radius 3 is 2.29 bits per heavy atom. The molecule has 0 saturated heterocycles. The number of rotatable bonds is 3. The van der Waals surface area contributed by atoms with Crippen molar-refractivity contribution in [3.63, 3.8) is 0 Å². The molecule has 2 fully saturated rings. The zero-order valence-electron chi connectivity index (χ0n) is 11.3. The third kappa shape index (κ3) is 2.80. The van der Waals surface area contributed by atoms with Crippen LogP contribution in [0.4, 0.5) is 13.2 Å². The molecule has 0 aromatic heterocycles. The van der Waals surface area contributed by atoms with Gasteiger partial charge in [0.25, 0.3) is 0 Å². The Morgan fingerprint density at radius 2 is 1.71 bits per heavy atom. The summed E-state index contributed by atoms with van der Waals surface area (Å²) in [5.41, 5.74) is -0.0765. The van der Waals surface area contributed by atoms with E-state index in [1.54, 1.807) is 6.07 Å². The van der Waals surface area contributed by atoms with Gasteiger partial charge in [-0.15, -0.1) is 24.8 Å². The van der Waals surface area contributed by atoms with E-state index in [4.69, 9.17) is 16.3 Å². The molecular weight excluding hydrogens is 305 g/mol. The standard InChI is InChI=1S/C15H16ClF3O2/c16-12-9-13(14(12)7-3-4-8-14)20-10-5-1-2-6-11(10)21-15(17,18)19/h1-2,5-6,12-13H,3-4,7-9H2. The van der Waals surface area contributed by atoms with Crippen molar-refractivity contribution < 1.29 is 22.6 Å². The first-order chi connectivity index (χ1) is 9.91. The van der Waals surface area contributed by atoms with Crippen LogP contribution in [-0.2, 0) is 0 Å². The normalized spacial score (nSPS) is 27.4. The fourth-order valence-corrected chi connectivity index (χ4v) is 3.96. The molecule has 2 saturated carbocycles. The Hall–Kier alpha value is -1.10. The zero-order valence-corrected chi connectivity index (χ0v) is 12.1. The first-order valence-corrected chi connectivity index (χ1v) is 7.50. The number of benzene rings is 1. The van der Waals surface area contributed by atoms with Crippen LogP contribution >= 0.6 is 11.6 Å². The Morgan fingerprint density at radius 1 is 1.10 bits per heavy atom. The summed E-state index contributed by atoms with van der Waals surface area (Å²) in [6.45, 7) is 0. The van der Waals surface area contributed by atoms with Crippen molar-refractivity contribution in [1.29, 1.82) is 0 Å². The van der Waals surface area contributed by atoms with E-state index in [-0.39, 0.29) is 28.4 Å². The molecule has 3 rings (SSSR count). The second-order valence-electron chi connectivity index (χ2n) is 5.74. The molecule has 0 N–H and O–H groups in total. The van der Waals surface area contributed by atoms with E-state index in [0.29, 0.717) is 6.42 Å². The summed E-state index contributed by atoms with van der Waals surface area (Å²) < 4.78 is 47.1. The van der Waals surface area contributed by atoms with Gasteiger partial charge in [0.05, 0.1) is 0 Å². The minimum absolute atomic E-state index is 0.0562. The number of para-hydroxylation sites is 2. The van der Waals surface area contributed by atoms with Crippen molar-refractivity contribution in [2.75, 3.05) is 0 Å². The Bertz CT molecular complexity index is 512. The Kier molecular flexibility index (Phi) is 3.72. The van der Waals surface area contributed by atoms with Gasteiger partial charge < -0.3 is 9.47 Å². The summed E-state index contributed by atoms with van der Waals surface area (Å²) in [5, 5.41) is 0.0562. The van der Waals surface area contributed by atoms with E-state index in [2.05, 4.69) is 4.74 Å². The second-order valence-corrected chi connectivity index (χ2v) is 6.27. The number of hydrogen-bond acceptors (Lipinski definition) is 2. The molecule has 0 amide bonds. The van der Waals surface area contributed by atoms with Gasteiger partial charge >= 0.3 is 6.36 Å². The van der Waals surface area contributed by atoms with Crippen LogP contribution in [0.5, 0.6) is 11.5 Å². The lowest BCUT2D eigenvalue weighted by atomic mass is 9.64. The van der Waals surface area contributed by atoms with Gasteiger partial charge in [0.15, 0.2) is 11.5 Å². The topological polar surface area (TPSA) is 18.5 Å². The fraction of sp³-hybridized carbons (Fsp3) is 0.600. The Balaban J connectivity index is 1.76. The number of alkyl halides is 4. The van der Waals surface area contributed by atoms with Crippen molar-refractivity contribution >= 4 is 11.6 Å². The van der Waals surface area contributed by atoms with E-state index in [1.807, 2.05) is 0 Å². The average molecular weight is 321 g/mol. The molecule has 0 aliphatic heterocycles. The molecule has 2 nitrogen and oxygen atoms in total. The maximum Gasteiger partial charge on any atom is 0.573 e. The summed E-state index contributed by atoms with van der Waals surface area (Å²) in [4.78, 5) is 0. The third-order valence-corrected chi connectivity index (χ3v) is 5.18. The number of ether oxygens (including phenoxy) is 2. The van der Waals surface area contributed by atoms with E-state index in [1.165, 1.54) is 18.2 Å². The van der Waals surface area contributed by atoms with Crippen molar-refractivity contribution in [2.45, 2.75) is 49.9 Å². The molecule has 1 aromatic carbocycles. The lowest BCUT2D eigenvalue weighted by Gasteiger charge is -2.51. The second kappa shape index (κ2) is 5.27. The maximum atomic E-state index is 12.4. The minimum atomic E-state index is -4.72. The zero-order chi connectivity index (χ0) is 15.1. The van der Waals surface area contributed by atoms with E-state index in [0.717, 1.165) is 25.7 Å². The average Bonchev–Trinajstić information content (AvgIpc) is 2.91. The molecule has 0 radical (unpaired) electrons. The van der Waals surface area contributed by atoms with Gasteiger partial charge in [-0.2, -0.15) is 0 Å². The SMILES string of the molecule is FC(F)(F)Oc1ccccc1OC1CC(Cl)C12CCCC2. The van der Waals surface area contributed by atoms with Crippen molar-refractivity contribution in [3.8, 4) is 11.5 Å². The van der Waals surface area contributed by atoms with Gasteiger partial charge in [0, 0.05) is 17.2 Å². The third-order valence-electron chi connectivity index (χ3n) is 4.56. The molecule has 116 valence electrons. The van der Waals surface area contributed by atoms with Crippen molar-refractivity contribution in [2.24, 2.45) is 5.41 Å². The smallest absolute Gasteiger partial charge is 0.486 e. The van der Waals surface area contributed by atoms with Crippen LogP contribution in [0.25, 0.3) is 0 Å². The van der Waals surface area contributed by atoms with Crippen LogP contribution < -0.4 is 9.47 Å². The molecule has 0 bridgehead atoms. The molecule has 1 spiro atoms. The first kappa shape index (κ1) is 14.8.